The Kier molecular flexibility index (Phi) is 11.4. The molecule has 1 aromatic carbocycles. The molecular formula is C27H38N8O6. The molecule has 11 N–H and O–H groups in total. The Bertz CT molecular complexity index is 1310. The van der Waals surface area contributed by atoms with Crippen LogP contribution in [0.25, 0.3) is 10.9 Å². The van der Waals surface area contributed by atoms with Crippen LogP contribution in [0.3, 0.4) is 0 Å². The van der Waals surface area contributed by atoms with Crippen molar-refractivity contribution in [3.8, 4) is 0 Å². The number of carboxylic acid groups (broad SMARTS) is 1. The van der Waals surface area contributed by atoms with Crippen molar-refractivity contribution in [2.75, 3.05) is 6.54 Å². The third-order valence-electron chi connectivity index (χ3n) is 6.69. The van der Waals surface area contributed by atoms with Gasteiger partial charge >= 0.3 is 5.97 Å². The monoisotopic (exact) mass is 570 g/mol. The molecule has 0 saturated heterocycles. The molecule has 2 heterocycles. The second-order valence-corrected chi connectivity index (χ2v) is 9.92. The molecule has 0 aliphatic rings. The van der Waals surface area contributed by atoms with E-state index in [1.165, 1.54) is 19.4 Å². The van der Waals surface area contributed by atoms with E-state index in [1.807, 2.05) is 24.3 Å². The van der Waals surface area contributed by atoms with Crippen molar-refractivity contribution < 1.29 is 29.4 Å². The van der Waals surface area contributed by atoms with Gasteiger partial charge in [-0.25, -0.2) is 9.78 Å². The van der Waals surface area contributed by atoms with Crippen LogP contribution in [0.15, 0.2) is 43.0 Å². The average Bonchev–Trinajstić information content (AvgIpc) is 3.60. The number of aliphatic hydroxyl groups is 1. The number of hydrogen-bond donors (Lipinski definition) is 9. The Morgan fingerprint density at radius 1 is 0.976 bits per heavy atom. The van der Waals surface area contributed by atoms with E-state index in [4.69, 9.17) is 11.5 Å². The fourth-order valence-electron chi connectivity index (χ4n) is 4.41. The number of benzene rings is 1. The number of amides is 3. The lowest BCUT2D eigenvalue weighted by atomic mass is 10.0. The molecule has 3 aromatic rings. The average molecular weight is 571 g/mol. The molecule has 2 aromatic heterocycles. The van der Waals surface area contributed by atoms with Gasteiger partial charge in [0.1, 0.15) is 18.1 Å². The van der Waals surface area contributed by atoms with E-state index in [0.29, 0.717) is 25.1 Å². The van der Waals surface area contributed by atoms with Crippen LogP contribution in [0.4, 0.5) is 0 Å². The zero-order valence-electron chi connectivity index (χ0n) is 22.8. The molecule has 14 heteroatoms. The van der Waals surface area contributed by atoms with Gasteiger partial charge in [-0.05, 0) is 50.8 Å². The maximum absolute atomic E-state index is 13.2. The number of nitrogens with zero attached hydrogens (tertiary/aromatic N) is 1. The molecule has 3 rings (SSSR count). The molecule has 0 radical (unpaired) electrons. The minimum absolute atomic E-state index is 0.0504. The number of aromatic amines is 2. The minimum atomic E-state index is -1.42. The second kappa shape index (κ2) is 14.9. The van der Waals surface area contributed by atoms with Gasteiger partial charge in [-0.2, -0.15) is 0 Å². The number of carbonyl (C=O) groups is 4. The molecule has 41 heavy (non-hydrogen) atoms. The first-order valence-electron chi connectivity index (χ1n) is 13.4. The van der Waals surface area contributed by atoms with E-state index in [1.54, 1.807) is 6.20 Å². The number of aliphatic hydroxyl groups excluding tert-OH is 1. The molecule has 5 unspecified atom stereocenters. The lowest BCUT2D eigenvalue weighted by Gasteiger charge is -2.26. The number of rotatable bonds is 16. The van der Waals surface area contributed by atoms with Gasteiger partial charge < -0.3 is 47.6 Å². The number of unbranched alkanes of at least 4 members (excludes halogenated alkanes) is 1. The molecule has 14 nitrogen and oxygen atoms in total. The Morgan fingerprint density at radius 3 is 2.37 bits per heavy atom. The summed E-state index contributed by atoms with van der Waals surface area (Å²) in [7, 11) is 0. The third kappa shape index (κ3) is 8.86. The van der Waals surface area contributed by atoms with E-state index < -0.39 is 54.0 Å². The SMILES string of the molecule is CC(O)C(NC(=O)C(N)Cc1c[nH]c2ccccc12)C(=O)NC(CCCCN)C(=O)NC(Cc1cnc[nH]1)C(=O)O. The summed E-state index contributed by atoms with van der Waals surface area (Å²) in [5.41, 5.74) is 13.9. The number of para-hydroxylation sites is 1. The van der Waals surface area contributed by atoms with Gasteiger partial charge in [-0.3, -0.25) is 14.4 Å². The molecule has 0 saturated carbocycles. The molecular weight excluding hydrogens is 532 g/mol. The highest BCUT2D eigenvalue weighted by Crippen LogP contribution is 2.19. The van der Waals surface area contributed by atoms with Crippen LogP contribution in [0, 0.1) is 0 Å². The number of carboxylic acids is 1. The number of hydrogen-bond acceptors (Lipinski definition) is 8. The zero-order valence-corrected chi connectivity index (χ0v) is 22.8. The zero-order chi connectivity index (χ0) is 29.9. The summed E-state index contributed by atoms with van der Waals surface area (Å²) in [4.78, 5) is 60.8. The van der Waals surface area contributed by atoms with Crippen LogP contribution < -0.4 is 27.4 Å². The quantitative estimate of drug-likeness (QED) is 0.0963. The van der Waals surface area contributed by atoms with Crippen LogP contribution in [-0.4, -0.2) is 85.7 Å². The summed E-state index contributed by atoms with van der Waals surface area (Å²) in [6, 6.07) is 2.68. The van der Waals surface area contributed by atoms with Gasteiger partial charge in [0.2, 0.25) is 17.7 Å². The number of fused-ring (bicyclic) bond motifs is 1. The van der Waals surface area contributed by atoms with E-state index in [2.05, 4.69) is 30.9 Å². The summed E-state index contributed by atoms with van der Waals surface area (Å²) < 4.78 is 0. The summed E-state index contributed by atoms with van der Waals surface area (Å²) in [5.74, 6) is -3.47. The fraction of sp³-hybridized carbons (Fsp3) is 0.444. The number of H-pyrrole nitrogens is 2. The first-order chi connectivity index (χ1) is 19.6. The van der Waals surface area contributed by atoms with Crippen molar-refractivity contribution in [3.63, 3.8) is 0 Å². The molecule has 0 spiro atoms. The van der Waals surface area contributed by atoms with E-state index >= 15 is 0 Å². The summed E-state index contributed by atoms with van der Waals surface area (Å²) in [6.45, 7) is 1.69. The molecule has 5 atom stereocenters. The van der Waals surface area contributed by atoms with Crippen LogP contribution in [-0.2, 0) is 32.0 Å². The van der Waals surface area contributed by atoms with Crippen molar-refractivity contribution in [3.05, 3.63) is 54.2 Å². The van der Waals surface area contributed by atoms with E-state index in [9.17, 15) is 29.4 Å². The summed E-state index contributed by atoms with van der Waals surface area (Å²) in [5, 5.41) is 28.3. The highest BCUT2D eigenvalue weighted by Gasteiger charge is 2.32. The molecule has 0 bridgehead atoms. The molecule has 0 aliphatic heterocycles. The van der Waals surface area contributed by atoms with Crippen LogP contribution >= 0.6 is 0 Å². The molecule has 0 aliphatic carbocycles. The van der Waals surface area contributed by atoms with Crippen molar-refractivity contribution >= 4 is 34.6 Å². The Balaban J connectivity index is 1.67. The number of nitrogens with one attached hydrogen (secondary N) is 5. The van der Waals surface area contributed by atoms with Crippen molar-refractivity contribution in [2.45, 2.75) is 69.3 Å². The van der Waals surface area contributed by atoms with Crippen molar-refractivity contribution in [1.82, 2.24) is 30.9 Å². The van der Waals surface area contributed by atoms with E-state index in [-0.39, 0.29) is 19.3 Å². The Hall–Kier alpha value is -4.27. The molecule has 0 fully saturated rings. The lowest BCUT2D eigenvalue weighted by molar-refractivity contribution is -0.142. The Labute approximate surface area is 236 Å². The normalized spacial score (nSPS) is 14.9. The highest BCUT2D eigenvalue weighted by atomic mass is 16.4. The predicted molar refractivity (Wildman–Crippen MR) is 150 cm³/mol. The number of imidazole rings is 1. The molecule has 3 amide bonds. The first-order valence-corrected chi connectivity index (χ1v) is 13.4. The van der Waals surface area contributed by atoms with Crippen LogP contribution in [0.1, 0.15) is 37.4 Å². The molecule has 222 valence electrons. The second-order valence-electron chi connectivity index (χ2n) is 9.92. The first kappa shape index (κ1) is 31.3. The van der Waals surface area contributed by atoms with Gasteiger partial charge in [0.15, 0.2) is 0 Å². The highest BCUT2D eigenvalue weighted by molar-refractivity contribution is 5.94. The van der Waals surface area contributed by atoms with E-state index in [0.717, 1.165) is 16.5 Å². The van der Waals surface area contributed by atoms with Gasteiger partial charge in [0.05, 0.1) is 18.5 Å². The summed E-state index contributed by atoms with van der Waals surface area (Å²) >= 11 is 0. The maximum Gasteiger partial charge on any atom is 0.326 e. The minimum Gasteiger partial charge on any atom is -0.480 e. The topological polar surface area (TPSA) is 241 Å². The Morgan fingerprint density at radius 2 is 1.71 bits per heavy atom. The number of nitrogens with two attached hydrogens (primary N) is 2. The maximum atomic E-state index is 13.2. The smallest absolute Gasteiger partial charge is 0.326 e. The van der Waals surface area contributed by atoms with Crippen molar-refractivity contribution in [1.29, 1.82) is 0 Å². The van der Waals surface area contributed by atoms with Crippen LogP contribution in [0.5, 0.6) is 0 Å². The summed E-state index contributed by atoms with van der Waals surface area (Å²) in [6.07, 6.45) is 4.60. The lowest BCUT2D eigenvalue weighted by Crippen LogP contribution is -2.60. The van der Waals surface area contributed by atoms with Crippen LogP contribution in [0.2, 0.25) is 0 Å². The number of carbonyl (C=O) groups excluding carboxylic acids is 3. The number of aliphatic carboxylic acids is 1. The fourth-order valence-corrected chi connectivity index (χ4v) is 4.41. The number of aromatic nitrogens is 3. The van der Waals surface area contributed by atoms with Gasteiger partial charge in [0, 0.05) is 35.4 Å². The largest absolute Gasteiger partial charge is 0.480 e. The predicted octanol–water partition coefficient (Wildman–Crippen LogP) is -0.948. The van der Waals surface area contributed by atoms with Crippen molar-refractivity contribution in [2.24, 2.45) is 11.5 Å². The third-order valence-corrected chi connectivity index (χ3v) is 6.69. The van der Waals surface area contributed by atoms with Gasteiger partial charge in [0.25, 0.3) is 0 Å². The van der Waals surface area contributed by atoms with Gasteiger partial charge in [-0.1, -0.05) is 18.2 Å². The van der Waals surface area contributed by atoms with Gasteiger partial charge in [-0.15, -0.1) is 0 Å². The standard InChI is InChI=1S/C27H38N8O6/c1-15(36)23(35-24(37)19(29)10-16-12-31-20-7-3-2-6-18(16)20)26(39)33-21(8-4-5-9-28)25(38)34-22(27(40)41)11-17-13-30-14-32-17/h2-3,6-7,12-15,19,21-23,31,36H,4-5,8-11,28-29H2,1H3,(H,30,32)(H,33,39)(H,34,38)(H,35,37)(H,40,41).